The fourth-order valence-electron chi connectivity index (χ4n) is 3.61. The summed E-state index contributed by atoms with van der Waals surface area (Å²) >= 11 is 6.07. The molecule has 24 heavy (non-hydrogen) atoms. The Morgan fingerprint density at radius 1 is 1.12 bits per heavy atom. The van der Waals surface area contributed by atoms with Crippen LogP contribution >= 0.6 is 11.6 Å². The average molecular weight is 351 g/mol. The largest absolute Gasteiger partial charge is 0.369 e. The second kappa shape index (κ2) is 7.40. The Balaban J connectivity index is 1.56. The molecule has 1 aromatic carbocycles. The van der Waals surface area contributed by atoms with E-state index >= 15 is 0 Å². The van der Waals surface area contributed by atoms with Crippen molar-refractivity contribution in [1.82, 2.24) is 9.80 Å². The maximum Gasteiger partial charge on any atom is 0.311 e. The standard InChI is InChI=1S/C17H23ClN4O2/c18-13-3-1-4-14(11-13)20-7-9-21(10-8-20)15-5-2-6-22(12-15)17(24)16(19)23/h1,3-4,11,15H,2,5-10,12H2,(H2,19,23). The fourth-order valence-corrected chi connectivity index (χ4v) is 3.80. The smallest absolute Gasteiger partial charge is 0.311 e. The lowest BCUT2D eigenvalue weighted by atomic mass is 10.0. The normalized spacial score (nSPS) is 22.5. The molecule has 1 atom stereocenters. The highest BCUT2D eigenvalue weighted by molar-refractivity contribution is 6.34. The molecule has 0 aliphatic carbocycles. The highest BCUT2D eigenvalue weighted by atomic mass is 35.5. The Hall–Kier alpha value is -1.79. The van der Waals surface area contributed by atoms with E-state index in [1.54, 1.807) is 4.90 Å². The van der Waals surface area contributed by atoms with Gasteiger partial charge in [0.1, 0.15) is 0 Å². The lowest BCUT2D eigenvalue weighted by molar-refractivity contribution is -0.145. The number of nitrogens with zero attached hydrogens (tertiary/aromatic N) is 3. The number of hydrogen-bond donors (Lipinski definition) is 1. The first-order chi connectivity index (χ1) is 11.5. The zero-order valence-electron chi connectivity index (χ0n) is 13.7. The highest BCUT2D eigenvalue weighted by Gasteiger charge is 2.31. The number of primary amides is 1. The van der Waals surface area contributed by atoms with Crippen LogP contribution in [0, 0.1) is 0 Å². The molecule has 2 amide bonds. The molecule has 2 N–H and O–H groups in total. The van der Waals surface area contributed by atoms with Crippen LogP contribution in [-0.4, -0.2) is 66.9 Å². The zero-order chi connectivity index (χ0) is 17.1. The number of nitrogens with two attached hydrogens (primary N) is 1. The second-order valence-electron chi connectivity index (χ2n) is 6.41. The molecule has 0 bridgehead atoms. The number of benzene rings is 1. The van der Waals surface area contributed by atoms with Crippen molar-refractivity contribution in [3.05, 3.63) is 29.3 Å². The molecule has 1 unspecified atom stereocenters. The van der Waals surface area contributed by atoms with Crippen LogP contribution in [0.2, 0.25) is 5.02 Å². The lowest BCUT2D eigenvalue weighted by Gasteiger charge is -2.43. The molecule has 6 nitrogen and oxygen atoms in total. The number of amides is 2. The molecule has 0 spiro atoms. The first-order valence-electron chi connectivity index (χ1n) is 8.38. The van der Waals surface area contributed by atoms with Crippen LogP contribution < -0.4 is 10.6 Å². The van der Waals surface area contributed by atoms with Gasteiger partial charge in [-0.1, -0.05) is 17.7 Å². The third-order valence-electron chi connectivity index (χ3n) is 4.90. The summed E-state index contributed by atoms with van der Waals surface area (Å²) in [5, 5.41) is 0.753. The van der Waals surface area contributed by atoms with Gasteiger partial charge in [-0.15, -0.1) is 0 Å². The predicted octanol–water partition coefficient (Wildman–Crippen LogP) is 0.938. The van der Waals surface area contributed by atoms with Crippen molar-refractivity contribution >= 4 is 29.1 Å². The number of carbonyl (C=O) groups excluding carboxylic acids is 2. The second-order valence-corrected chi connectivity index (χ2v) is 6.85. The summed E-state index contributed by atoms with van der Waals surface area (Å²) in [5.41, 5.74) is 6.27. The topological polar surface area (TPSA) is 69.9 Å². The van der Waals surface area contributed by atoms with E-state index in [-0.39, 0.29) is 0 Å². The van der Waals surface area contributed by atoms with Gasteiger partial charge in [-0.05, 0) is 31.0 Å². The summed E-state index contributed by atoms with van der Waals surface area (Å²) in [7, 11) is 0. The maximum atomic E-state index is 11.8. The van der Waals surface area contributed by atoms with Gasteiger partial charge in [0.2, 0.25) is 0 Å². The highest BCUT2D eigenvalue weighted by Crippen LogP contribution is 2.23. The lowest BCUT2D eigenvalue weighted by Crippen LogP contribution is -2.57. The predicted molar refractivity (Wildman–Crippen MR) is 94.0 cm³/mol. The summed E-state index contributed by atoms with van der Waals surface area (Å²) in [6.07, 6.45) is 1.97. The average Bonchev–Trinajstić information content (AvgIpc) is 2.61. The molecule has 2 heterocycles. The summed E-state index contributed by atoms with van der Waals surface area (Å²) < 4.78 is 0. The van der Waals surface area contributed by atoms with Gasteiger partial charge in [0.05, 0.1) is 0 Å². The SMILES string of the molecule is NC(=O)C(=O)N1CCCC(N2CCN(c3cccc(Cl)c3)CC2)C1. The van der Waals surface area contributed by atoms with E-state index in [2.05, 4.69) is 15.9 Å². The molecule has 0 saturated carbocycles. The van der Waals surface area contributed by atoms with Crippen LogP contribution in [0.15, 0.2) is 24.3 Å². The van der Waals surface area contributed by atoms with Gasteiger partial charge in [-0.25, -0.2) is 0 Å². The third-order valence-corrected chi connectivity index (χ3v) is 5.13. The Morgan fingerprint density at radius 2 is 1.88 bits per heavy atom. The molecule has 0 radical (unpaired) electrons. The molecule has 1 aromatic rings. The summed E-state index contributed by atoms with van der Waals surface area (Å²) in [4.78, 5) is 29.3. The number of anilines is 1. The molecular formula is C17H23ClN4O2. The van der Waals surface area contributed by atoms with E-state index in [0.717, 1.165) is 49.7 Å². The quantitative estimate of drug-likeness (QED) is 0.806. The molecular weight excluding hydrogens is 328 g/mol. The number of piperazine rings is 1. The third kappa shape index (κ3) is 3.82. The molecule has 2 aliphatic rings. The van der Waals surface area contributed by atoms with Crippen molar-refractivity contribution in [2.75, 3.05) is 44.2 Å². The van der Waals surface area contributed by atoms with Gasteiger partial charge >= 0.3 is 11.8 Å². The van der Waals surface area contributed by atoms with E-state index in [4.69, 9.17) is 17.3 Å². The molecule has 2 fully saturated rings. The minimum atomic E-state index is -0.860. The van der Waals surface area contributed by atoms with Crippen molar-refractivity contribution in [3.63, 3.8) is 0 Å². The number of hydrogen-bond acceptors (Lipinski definition) is 4. The van der Waals surface area contributed by atoms with Crippen LogP contribution in [0.1, 0.15) is 12.8 Å². The van der Waals surface area contributed by atoms with Crippen LogP contribution in [-0.2, 0) is 9.59 Å². The zero-order valence-corrected chi connectivity index (χ0v) is 14.4. The van der Waals surface area contributed by atoms with E-state index in [0.29, 0.717) is 19.1 Å². The van der Waals surface area contributed by atoms with Gasteiger partial charge in [0.15, 0.2) is 0 Å². The van der Waals surface area contributed by atoms with Crippen LogP contribution in [0.5, 0.6) is 0 Å². The summed E-state index contributed by atoms with van der Waals surface area (Å²) in [5.74, 6) is -1.42. The molecule has 130 valence electrons. The van der Waals surface area contributed by atoms with Crippen molar-refractivity contribution in [1.29, 1.82) is 0 Å². The van der Waals surface area contributed by atoms with Crippen LogP contribution in [0.25, 0.3) is 0 Å². The fraction of sp³-hybridized carbons (Fsp3) is 0.529. The number of likely N-dealkylation sites (tertiary alicyclic amines) is 1. The minimum absolute atomic E-state index is 0.309. The van der Waals surface area contributed by atoms with Crippen molar-refractivity contribution in [2.45, 2.75) is 18.9 Å². The summed E-state index contributed by atoms with van der Waals surface area (Å²) in [6, 6.07) is 8.23. The van der Waals surface area contributed by atoms with Gasteiger partial charge < -0.3 is 15.5 Å². The molecule has 7 heteroatoms. The molecule has 2 saturated heterocycles. The van der Waals surface area contributed by atoms with E-state index in [9.17, 15) is 9.59 Å². The minimum Gasteiger partial charge on any atom is -0.369 e. The number of carbonyl (C=O) groups is 2. The van der Waals surface area contributed by atoms with Gasteiger partial charge in [-0.3, -0.25) is 14.5 Å². The maximum absolute atomic E-state index is 11.8. The first-order valence-corrected chi connectivity index (χ1v) is 8.75. The van der Waals surface area contributed by atoms with Crippen molar-refractivity contribution < 1.29 is 9.59 Å². The van der Waals surface area contributed by atoms with Crippen LogP contribution in [0.4, 0.5) is 5.69 Å². The Bertz CT molecular complexity index is 616. The Labute approximate surface area is 147 Å². The first kappa shape index (κ1) is 17.0. The Kier molecular flexibility index (Phi) is 5.26. The van der Waals surface area contributed by atoms with Gasteiger partial charge in [-0.2, -0.15) is 0 Å². The van der Waals surface area contributed by atoms with Crippen LogP contribution in [0.3, 0.4) is 0 Å². The molecule has 3 rings (SSSR count). The van der Waals surface area contributed by atoms with Gasteiger partial charge in [0.25, 0.3) is 0 Å². The molecule has 0 aromatic heterocycles. The van der Waals surface area contributed by atoms with Crippen molar-refractivity contribution in [3.8, 4) is 0 Å². The molecule has 2 aliphatic heterocycles. The number of piperidine rings is 1. The number of halogens is 1. The summed E-state index contributed by atoms with van der Waals surface area (Å²) in [6.45, 7) is 4.96. The van der Waals surface area contributed by atoms with Crippen molar-refractivity contribution in [2.24, 2.45) is 5.73 Å². The number of rotatable bonds is 2. The van der Waals surface area contributed by atoms with E-state index < -0.39 is 11.8 Å². The van der Waals surface area contributed by atoms with Gasteiger partial charge in [0, 0.05) is 56.0 Å². The van der Waals surface area contributed by atoms with E-state index in [1.807, 2.05) is 18.2 Å². The Morgan fingerprint density at radius 3 is 2.54 bits per heavy atom. The van der Waals surface area contributed by atoms with E-state index in [1.165, 1.54) is 0 Å². The monoisotopic (exact) mass is 350 g/mol.